The van der Waals surface area contributed by atoms with E-state index in [-0.39, 0.29) is 16.7 Å². The predicted molar refractivity (Wildman–Crippen MR) is 123 cm³/mol. The first kappa shape index (κ1) is 22.5. The number of carbonyl (C=O) groups excluding carboxylic acids is 2. The van der Waals surface area contributed by atoms with Crippen LogP contribution in [0.25, 0.3) is 0 Å². The third-order valence-corrected chi connectivity index (χ3v) is 8.01. The van der Waals surface area contributed by atoms with Crippen LogP contribution in [0.5, 0.6) is 0 Å². The minimum absolute atomic E-state index is 0.138. The summed E-state index contributed by atoms with van der Waals surface area (Å²) in [6.45, 7) is 2.77. The molecule has 1 N–H and O–H groups in total. The Labute approximate surface area is 189 Å². The molecule has 0 unspecified atom stereocenters. The molecule has 0 saturated carbocycles. The fourth-order valence-electron chi connectivity index (χ4n) is 4.19. The lowest BCUT2D eigenvalue weighted by Crippen LogP contribution is -2.35. The zero-order valence-corrected chi connectivity index (χ0v) is 18.9. The summed E-state index contributed by atoms with van der Waals surface area (Å²) in [5.74, 6) is -0.174. The smallest absolute Gasteiger partial charge is 0.255 e. The molecule has 4 rings (SSSR count). The molecule has 2 fully saturated rings. The van der Waals surface area contributed by atoms with Crippen LogP contribution in [-0.2, 0) is 21.2 Å². The summed E-state index contributed by atoms with van der Waals surface area (Å²) in [6.07, 6.45) is 5.32. The van der Waals surface area contributed by atoms with E-state index < -0.39 is 10.0 Å². The maximum Gasteiger partial charge on any atom is 0.255 e. The van der Waals surface area contributed by atoms with Crippen LogP contribution in [0.15, 0.2) is 53.4 Å². The molecule has 0 atom stereocenters. The second kappa shape index (κ2) is 9.83. The van der Waals surface area contributed by atoms with Gasteiger partial charge in [-0.15, -0.1) is 0 Å². The first-order valence-corrected chi connectivity index (χ1v) is 12.7. The van der Waals surface area contributed by atoms with E-state index in [4.69, 9.17) is 0 Å². The van der Waals surface area contributed by atoms with Gasteiger partial charge in [-0.3, -0.25) is 9.59 Å². The molecule has 0 spiro atoms. The number of amides is 2. The third kappa shape index (κ3) is 5.19. The summed E-state index contributed by atoms with van der Waals surface area (Å²) in [5.41, 5.74) is 1.92. The van der Waals surface area contributed by atoms with E-state index in [1.807, 2.05) is 17.0 Å². The molecule has 0 radical (unpaired) electrons. The van der Waals surface area contributed by atoms with Gasteiger partial charge in [0.25, 0.3) is 5.91 Å². The number of hydrogen-bond donors (Lipinski definition) is 1. The van der Waals surface area contributed by atoms with Gasteiger partial charge in [-0.1, -0.05) is 18.6 Å². The summed E-state index contributed by atoms with van der Waals surface area (Å²) in [6, 6.07) is 13.3. The van der Waals surface area contributed by atoms with Crippen LogP contribution in [0.4, 0.5) is 5.69 Å². The van der Waals surface area contributed by atoms with E-state index >= 15 is 0 Å². The molecular weight excluding hydrogens is 426 g/mol. The summed E-state index contributed by atoms with van der Waals surface area (Å²) in [5, 5.41) is 2.82. The summed E-state index contributed by atoms with van der Waals surface area (Å²) < 4.78 is 27.0. The van der Waals surface area contributed by atoms with E-state index in [2.05, 4.69) is 5.32 Å². The van der Waals surface area contributed by atoms with Gasteiger partial charge in [0.05, 0.1) is 11.3 Å². The molecular formula is C24H29N3O4S. The third-order valence-electron chi connectivity index (χ3n) is 6.10. The normalized spacial score (nSPS) is 17.3. The lowest BCUT2D eigenvalue weighted by Gasteiger charge is -2.25. The largest absolute Gasteiger partial charge is 0.342 e. The zero-order chi connectivity index (χ0) is 22.6. The Kier molecular flexibility index (Phi) is 6.91. The monoisotopic (exact) mass is 455 g/mol. The second-order valence-corrected chi connectivity index (χ2v) is 10.3. The van der Waals surface area contributed by atoms with E-state index in [1.165, 1.54) is 28.6 Å². The molecule has 2 aliphatic rings. The number of nitrogens with one attached hydrogen (secondary N) is 1. The van der Waals surface area contributed by atoms with Crippen molar-refractivity contribution in [2.45, 2.75) is 43.4 Å². The second-order valence-electron chi connectivity index (χ2n) is 8.40. The minimum atomic E-state index is -3.51. The average molecular weight is 456 g/mol. The van der Waals surface area contributed by atoms with Crippen molar-refractivity contribution in [3.63, 3.8) is 0 Å². The Bertz CT molecular complexity index is 1050. The fraction of sp³-hybridized carbons (Fsp3) is 0.417. The van der Waals surface area contributed by atoms with Gasteiger partial charge in [-0.25, -0.2) is 8.42 Å². The van der Waals surface area contributed by atoms with Crippen molar-refractivity contribution < 1.29 is 18.0 Å². The lowest BCUT2D eigenvalue weighted by molar-refractivity contribution is -0.129. The maximum absolute atomic E-state index is 12.8. The van der Waals surface area contributed by atoms with Crippen LogP contribution >= 0.6 is 0 Å². The van der Waals surface area contributed by atoms with E-state index in [0.29, 0.717) is 30.8 Å². The van der Waals surface area contributed by atoms with Gasteiger partial charge < -0.3 is 10.2 Å². The Balaban J connectivity index is 1.35. The van der Waals surface area contributed by atoms with E-state index in [1.54, 1.807) is 12.1 Å². The number of benzene rings is 2. The summed E-state index contributed by atoms with van der Waals surface area (Å²) in [4.78, 5) is 27.0. The average Bonchev–Trinajstić information content (AvgIpc) is 3.36. The topological polar surface area (TPSA) is 86.8 Å². The van der Waals surface area contributed by atoms with Gasteiger partial charge in [0.15, 0.2) is 0 Å². The van der Waals surface area contributed by atoms with Gasteiger partial charge in [-0.05, 0) is 67.6 Å². The molecule has 0 bridgehead atoms. The zero-order valence-electron chi connectivity index (χ0n) is 18.1. The molecule has 2 heterocycles. The van der Waals surface area contributed by atoms with Gasteiger partial charge in [-0.2, -0.15) is 4.31 Å². The minimum Gasteiger partial charge on any atom is -0.342 e. The molecule has 2 aromatic carbocycles. The number of likely N-dealkylation sites (tertiary alicyclic amines) is 1. The van der Waals surface area contributed by atoms with Gasteiger partial charge in [0.1, 0.15) is 0 Å². The Morgan fingerprint density at radius 1 is 0.781 bits per heavy atom. The molecule has 2 saturated heterocycles. The Morgan fingerprint density at radius 3 is 2.00 bits per heavy atom. The van der Waals surface area contributed by atoms with Crippen LogP contribution in [0.1, 0.15) is 48.0 Å². The number of rotatable bonds is 6. The van der Waals surface area contributed by atoms with Crippen LogP contribution in [0, 0.1) is 0 Å². The molecule has 2 aliphatic heterocycles. The number of anilines is 1. The van der Waals surface area contributed by atoms with Crippen molar-refractivity contribution in [2.24, 2.45) is 0 Å². The molecule has 2 aromatic rings. The highest BCUT2D eigenvalue weighted by Gasteiger charge is 2.26. The quantitative estimate of drug-likeness (QED) is 0.724. The first-order chi connectivity index (χ1) is 15.4. The molecule has 7 nitrogen and oxygen atoms in total. The van der Waals surface area contributed by atoms with Crippen molar-refractivity contribution in [1.29, 1.82) is 0 Å². The van der Waals surface area contributed by atoms with Crippen LogP contribution < -0.4 is 5.32 Å². The number of sulfonamides is 1. The summed E-state index contributed by atoms with van der Waals surface area (Å²) in [7, 11) is -3.51. The van der Waals surface area contributed by atoms with Crippen molar-refractivity contribution in [3.05, 3.63) is 59.7 Å². The summed E-state index contributed by atoms with van der Waals surface area (Å²) >= 11 is 0. The number of hydrogen-bond acceptors (Lipinski definition) is 4. The number of piperidine rings is 1. The van der Waals surface area contributed by atoms with Crippen LogP contribution in [-0.4, -0.2) is 55.6 Å². The van der Waals surface area contributed by atoms with Crippen molar-refractivity contribution >= 4 is 27.5 Å². The number of nitrogens with zero attached hydrogens (tertiary/aromatic N) is 2. The van der Waals surface area contributed by atoms with Crippen molar-refractivity contribution in [3.8, 4) is 0 Å². The number of carbonyl (C=O) groups is 2. The lowest BCUT2D eigenvalue weighted by atomic mass is 10.1. The van der Waals surface area contributed by atoms with E-state index in [0.717, 1.165) is 50.8 Å². The van der Waals surface area contributed by atoms with Gasteiger partial charge in [0, 0.05) is 37.4 Å². The van der Waals surface area contributed by atoms with Crippen molar-refractivity contribution in [2.75, 3.05) is 31.5 Å². The Hall–Kier alpha value is -2.71. The molecule has 0 aliphatic carbocycles. The highest BCUT2D eigenvalue weighted by Crippen LogP contribution is 2.21. The van der Waals surface area contributed by atoms with Crippen LogP contribution in [0.2, 0.25) is 0 Å². The molecule has 0 aromatic heterocycles. The highest BCUT2D eigenvalue weighted by atomic mass is 32.2. The molecule has 32 heavy (non-hydrogen) atoms. The SMILES string of the molecule is O=C(Nc1ccc(CC(=O)N2CCCC2)cc1)c1ccc(S(=O)(=O)N2CCCCC2)cc1. The molecule has 170 valence electrons. The fourth-order valence-corrected chi connectivity index (χ4v) is 5.71. The standard InChI is InChI=1S/C24H29N3O4S/c28-23(26-14-4-5-15-26)18-19-6-10-21(11-7-19)25-24(29)20-8-12-22(13-9-20)32(30,31)27-16-2-1-3-17-27/h6-13H,1-5,14-18H2,(H,25,29). The predicted octanol–water partition coefficient (Wildman–Crippen LogP) is 3.28. The van der Waals surface area contributed by atoms with Gasteiger partial charge in [0.2, 0.25) is 15.9 Å². The first-order valence-electron chi connectivity index (χ1n) is 11.2. The van der Waals surface area contributed by atoms with Gasteiger partial charge >= 0.3 is 0 Å². The van der Waals surface area contributed by atoms with Crippen LogP contribution in [0.3, 0.4) is 0 Å². The maximum atomic E-state index is 12.8. The van der Waals surface area contributed by atoms with Crippen molar-refractivity contribution in [1.82, 2.24) is 9.21 Å². The van der Waals surface area contributed by atoms with E-state index in [9.17, 15) is 18.0 Å². The highest BCUT2D eigenvalue weighted by molar-refractivity contribution is 7.89. The molecule has 2 amide bonds. The molecule has 8 heteroatoms. The Morgan fingerprint density at radius 2 is 1.38 bits per heavy atom.